The molecule has 0 spiro atoms. The van der Waals surface area contributed by atoms with Gasteiger partial charge in [0, 0.05) is 29.9 Å². The zero-order valence-electron chi connectivity index (χ0n) is 17.9. The number of carbonyl (C=O) groups excluding carboxylic acids is 1. The molecule has 0 bridgehead atoms. The fourth-order valence-corrected chi connectivity index (χ4v) is 3.60. The van der Waals surface area contributed by atoms with Gasteiger partial charge in [0.2, 0.25) is 0 Å². The Labute approximate surface area is 198 Å². The number of hydrogen-bond donors (Lipinski definition) is 1. The molecule has 0 saturated carbocycles. The first-order valence-electron chi connectivity index (χ1n) is 10.2. The zero-order valence-corrected chi connectivity index (χ0v) is 18.7. The van der Waals surface area contributed by atoms with Crippen LogP contribution in [0.1, 0.15) is 32.7 Å². The van der Waals surface area contributed by atoms with E-state index < -0.39 is 17.6 Å². The smallest absolute Gasteiger partial charge is 0.321 e. The maximum atomic E-state index is 13.0. The van der Waals surface area contributed by atoms with Crippen molar-refractivity contribution in [3.8, 4) is 11.3 Å². The summed E-state index contributed by atoms with van der Waals surface area (Å²) in [4.78, 5) is 25.6. The molecule has 0 aliphatic heterocycles. The largest absolute Gasteiger partial charge is 0.416 e. The number of alkyl halides is 3. The maximum absolute atomic E-state index is 13.0. The van der Waals surface area contributed by atoms with Crippen LogP contribution in [0.5, 0.6) is 0 Å². The lowest BCUT2D eigenvalue weighted by molar-refractivity contribution is -0.137. The van der Waals surface area contributed by atoms with Crippen molar-refractivity contribution >= 4 is 23.2 Å². The van der Waals surface area contributed by atoms with Gasteiger partial charge in [-0.1, -0.05) is 17.7 Å². The second-order valence-electron chi connectivity index (χ2n) is 7.56. The van der Waals surface area contributed by atoms with Crippen LogP contribution in [0.4, 0.5) is 18.9 Å². The predicted octanol–water partition coefficient (Wildman–Crippen LogP) is 6.36. The van der Waals surface area contributed by atoms with Gasteiger partial charge in [0.25, 0.3) is 5.91 Å². The summed E-state index contributed by atoms with van der Waals surface area (Å²) in [6.45, 7) is 1.91. The Hall–Kier alpha value is -3.78. The Morgan fingerprint density at radius 2 is 1.85 bits per heavy atom. The molecule has 0 aliphatic carbocycles. The third-order valence-electron chi connectivity index (χ3n) is 5.26. The van der Waals surface area contributed by atoms with E-state index in [-0.39, 0.29) is 16.3 Å². The molecule has 4 rings (SSSR count). The Bertz CT molecular complexity index is 1340. The molecule has 1 N–H and O–H groups in total. The summed E-state index contributed by atoms with van der Waals surface area (Å²) in [5, 5.41) is 2.49. The Morgan fingerprint density at radius 1 is 1.03 bits per heavy atom. The van der Waals surface area contributed by atoms with Gasteiger partial charge in [0.15, 0.2) is 0 Å². The van der Waals surface area contributed by atoms with Gasteiger partial charge in [-0.05, 0) is 66.6 Å². The summed E-state index contributed by atoms with van der Waals surface area (Å²) in [7, 11) is 0. The summed E-state index contributed by atoms with van der Waals surface area (Å²) in [5.41, 5.74) is 3.39. The van der Waals surface area contributed by atoms with E-state index in [0.29, 0.717) is 6.42 Å². The van der Waals surface area contributed by atoms with E-state index in [1.807, 2.05) is 19.1 Å². The molecule has 2 aromatic carbocycles. The minimum Gasteiger partial charge on any atom is -0.321 e. The van der Waals surface area contributed by atoms with Crippen molar-refractivity contribution in [3.05, 3.63) is 106 Å². The molecule has 0 fully saturated rings. The molecule has 4 aromatic rings. The van der Waals surface area contributed by atoms with Gasteiger partial charge in [-0.2, -0.15) is 13.2 Å². The number of nitrogens with zero attached hydrogens (tertiary/aromatic N) is 3. The molecule has 9 heteroatoms. The number of aryl methyl sites for hydroxylation is 1. The minimum atomic E-state index is -4.55. The molecular weight excluding hydrogens is 465 g/mol. The quantitative estimate of drug-likeness (QED) is 0.359. The number of carbonyl (C=O) groups is 1. The van der Waals surface area contributed by atoms with Gasteiger partial charge in [-0.3, -0.25) is 9.78 Å². The highest BCUT2D eigenvalue weighted by atomic mass is 35.5. The third-order valence-corrected chi connectivity index (χ3v) is 5.59. The van der Waals surface area contributed by atoms with Crippen LogP contribution in [0, 0.1) is 6.92 Å². The molecule has 2 aromatic heterocycles. The molecule has 1 amide bonds. The minimum absolute atomic E-state index is 0.0108. The molecule has 0 aliphatic rings. The van der Waals surface area contributed by atoms with Crippen LogP contribution in [0.2, 0.25) is 5.02 Å². The zero-order chi connectivity index (χ0) is 24.3. The van der Waals surface area contributed by atoms with Crippen LogP contribution < -0.4 is 5.32 Å². The first kappa shape index (κ1) is 23.4. The number of rotatable bonds is 5. The van der Waals surface area contributed by atoms with E-state index in [1.54, 1.807) is 36.7 Å². The molecule has 172 valence electrons. The highest BCUT2D eigenvalue weighted by Crippen LogP contribution is 2.34. The molecule has 34 heavy (non-hydrogen) atoms. The number of anilines is 1. The molecule has 5 nitrogen and oxygen atoms in total. The number of pyridine rings is 1. The van der Waals surface area contributed by atoms with Crippen molar-refractivity contribution in [3.63, 3.8) is 0 Å². The highest BCUT2D eigenvalue weighted by Gasteiger charge is 2.31. The van der Waals surface area contributed by atoms with Crippen molar-refractivity contribution < 1.29 is 18.0 Å². The predicted molar refractivity (Wildman–Crippen MR) is 124 cm³/mol. The summed E-state index contributed by atoms with van der Waals surface area (Å²) >= 11 is 6.02. The molecule has 0 saturated heterocycles. The second kappa shape index (κ2) is 9.61. The lowest BCUT2D eigenvalue weighted by Crippen LogP contribution is -2.14. The SMILES string of the molecule is Cc1ccc(C(=O)Nc2cc(C(F)(F)F)ccc2Cl)cc1Cc1ncccc1-c1ccncn1. The van der Waals surface area contributed by atoms with Crippen LogP contribution >= 0.6 is 11.6 Å². The van der Waals surface area contributed by atoms with Crippen molar-refractivity contribution in [1.82, 2.24) is 15.0 Å². The van der Waals surface area contributed by atoms with Gasteiger partial charge in [0.1, 0.15) is 6.33 Å². The van der Waals surface area contributed by atoms with E-state index >= 15 is 0 Å². The summed E-state index contributed by atoms with van der Waals surface area (Å²) in [6.07, 6.45) is 0.666. The lowest BCUT2D eigenvalue weighted by atomic mass is 9.97. The number of aromatic nitrogens is 3. The monoisotopic (exact) mass is 482 g/mol. The topological polar surface area (TPSA) is 67.8 Å². The number of hydrogen-bond acceptors (Lipinski definition) is 4. The van der Waals surface area contributed by atoms with Crippen LogP contribution in [0.3, 0.4) is 0 Å². The van der Waals surface area contributed by atoms with Gasteiger partial charge in [-0.15, -0.1) is 0 Å². The van der Waals surface area contributed by atoms with E-state index in [2.05, 4.69) is 20.3 Å². The average Bonchev–Trinajstić information content (AvgIpc) is 2.82. The molecule has 0 unspecified atom stereocenters. The second-order valence-corrected chi connectivity index (χ2v) is 7.96. The van der Waals surface area contributed by atoms with Crippen LogP contribution in [0.25, 0.3) is 11.3 Å². The van der Waals surface area contributed by atoms with E-state index in [0.717, 1.165) is 46.3 Å². The van der Waals surface area contributed by atoms with Crippen LogP contribution in [0.15, 0.2) is 73.3 Å². The number of halogens is 4. The van der Waals surface area contributed by atoms with Crippen LogP contribution in [-0.4, -0.2) is 20.9 Å². The van der Waals surface area contributed by atoms with Gasteiger partial charge in [0.05, 0.1) is 27.7 Å². The van der Waals surface area contributed by atoms with Gasteiger partial charge in [-0.25, -0.2) is 9.97 Å². The summed E-state index contributed by atoms with van der Waals surface area (Å²) in [5.74, 6) is -0.570. The number of benzene rings is 2. The third kappa shape index (κ3) is 5.23. The van der Waals surface area contributed by atoms with Crippen molar-refractivity contribution in [1.29, 1.82) is 0 Å². The number of amides is 1. The fourth-order valence-electron chi connectivity index (χ4n) is 3.44. The highest BCUT2D eigenvalue weighted by molar-refractivity contribution is 6.34. The standard InChI is InChI=1S/C25H18ClF3N4O/c1-15-4-5-16(24(34)33-23-13-18(25(27,28)29)6-7-20(23)26)11-17(15)12-22-19(3-2-9-31-22)21-8-10-30-14-32-21/h2-11,13-14H,12H2,1H3,(H,33,34). The molecule has 2 heterocycles. The van der Waals surface area contributed by atoms with Gasteiger partial charge >= 0.3 is 6.18 Å². The lowest BCUT2D eigenvalue weighted by Gasteiger charge is -2.13. The Morgan fingerprint density at radius 3 is 2.59 bits per heavy atom. The van der Waals surface area contributed by atoms with Crippen molar-refractivity contribution in [2.75, 3.05) is 5.32 Å². The normalized spacial score (nSPS) is 11.3. The first-order valence-corrected chi connectivity index (χ1v) is 10.6. The first-order chi connectivity index (χ1) is 16.2. The van der Waals surface area contributed by atoms with Crippen LogP contribution in [-0.2, 0) is 12.6 Å². The summed E-state index contributed by atoms with van der Waals surface area (Å²) in [6, 6.07) is 13.4. The maximum Gasteiger partial charge on any atom is 0.416 e. The summed E-state index contributed by atoms with van der Waals surface area (Å²) < 4.78 is 39.1. The average molecular weight is 483 g/mol. The molecular formula is C25H18ClF3N4O. The molecule has 0 radical (unpaired) electrons. The number of nitrogens with one attached hydrogen (secondary N) is 1. The fraction of sp³-hybridized carbons (Fsp3) is 0.120. The Kier molecular flexibility index (Phi) is 6.61. The Balaban J connectivity index is 1.61. The van der Waals surface area contributed by atoms with E-state index in [4.69, 9.17) is 11.6 Å². The van der Waals surface area contributed by atoms with Crippen molar-refractivity contribution in [2.24, 2.45) is 0 Å². The van der Waals surface area contributed by atoms with Crippen molar-refractivity contribution in [2.45, 2.75) is 19.5 Å². The van der Waals surface area contributed by atoms with Gasteiger partial charge < -0.3 is 5.32 Å². The van der Waals surface area contributed by atoms with E-state index in [1.165, 1.54) is 6.33 Å². The molecule has 0 atom stereocenters. The van der Waals surface area contributed by atoms with E-state index in [9.17, 15) is 18.0 Å².